The molecule has 1 aromatic heterocycles. The predicted molar refractivity (Wildman–Crippen MR) is 97.6 cm³/mol. The number of nitrogens with one attached hydrogen (secondary N) is 1. The monoisotopic (exact) mass is 346 g/mol. The van der Waals surface area contributed by atoms with Crippen LogP contribution in [0.25, 0.3) is 0 Å². The molecule has 24 heavy (non-hydrogen) atoms. The third-order valence-electron chi connectivity index (χ3n) is 3.50. The fourth-order valence-electron chi connectivity index (χ4n) is 2.12. The normalized spacial score (nSPS) is 10.8. The van der Waals surface area contributed by atoms with Gasteiger partial charge in [-0.05, 0) is 45.4 Å². The first kappa shape index (κ1) is 18.0. The number of rotatable bonds is 7. The molecule has 1 N–H and O–H groups in total. The van der Waals surface area contributed by atoms with Crippen molar-refractivity contribution in [3.05, 3.63) is 45.1 Å². The number of hydrazone groups is 1. The van der Waals surface area contributed by atoms with E-state index in [2.05, 4.69) is 10.5 Å². The fourth-order valence-corrected chi connectivity index (χ4v) is 2.98. The Bertz CT molecular complexity index is 738. The Morgan fingerprint density at radius 2 is 2.00 bits per heavy atom. The number of nitrogens with zero attached hydrogens (tertiary/aromatic N) is 1. The molecule has 5 nitrogen and oxygen atoms in total. The van der Waals surface area contributed by atoms with Crippen LogP contribution in [0.5, 0.6) is 11.5 Å². The predicted octanol–water partition coefficient (Wildman–Crippen LogP) is 3.93. The molecule has 0 atom stereocenters. The quantitative estimate of drug-likeness (QED) is 0.610. The lowest BCUT2D eigenvalue weighted by atomic mass is 10.2. The second-order valence-electron chi connectivity index (χ2n) is 5.10. The Morgan fingerprint density at radius 1 is 1.25 bits per heavy atom. The van der Waals surface area contributed by atoms with Crippen molar-refractivity contribution in [2.75, 3.05) is 13.2 Å². The maximum absolute atomic E-state index is 12.1. The molecule has 0 aliphatic rings. The maximum atomic E-state index is 12.1. The standard InChI is InChI=1S/C18H22N2O3S/c1-5-22-15-8-7-14(17(9-15)23-6-2)10-19-20-18(21)16-11-24-13(4)12(16)3/h7-11H,5-6H2,1-4H3,(H,20,21). The van der Waals surface area contributed by atoms with Gasteiger partial charge in [-0.2, -0.15) is 5.10 Å². The lowest BCUT2D eigenvalue weighted by Crippen LogP contribution is -2.18. The van der Waals surface area contributed by atoms with Gasteiger partial charge >= 0.3 is 0 Å². The third kappa shape index (κ3) is 4.35. The van der Waals surface area contributed by atoms with Crippen LogP contribution in [-0.2, 0) is 0 Å². The molecular formula is C18H22N2O3S. The topological polar surface area (TPSA) is 59.9 Å². The van der Waals surface area contributed by atoms with Gasteiger partial charge in [0.15, 0.2) is 0 Å². The summed E-state index contributed by atoms with van der Waals surface area (Å²) in [5.41, 5.74) is 4.99. The highest BCUT2D eigenvalue weighted by molar-refractivity contribution is 7.10. The molecule has 0 radical (unpaired) electrons. The Kier molecular flexibility index (Phi) is 6.37. The lowest BCUT2D eigenvalue weighted by Gasteiger charge is -2.10. The maximum Gasteiger partial charge on any atom is 0.272 e. The Morgan fingerprint density at radius 3 is 2.62 bits per heavy atom. The Labute approximate surface area is 146 Å². The first-order chi connectivity index (χ1) is 11.6. The minimum atomic E-state index is -0.211. The zero-order valence-corrected chi connectivity index (χ0v) is 15.2. The van der Waals surface area contributed by atoms with E-state index in [1.807, 2.05) is 51.3 Å². The fraction of sp³-hybridized carbons (Fsp3) is 0.333. The van der Waals surface area contributed by atoms with Gasteiger partial charge in [-0.3, -0.25) is 4.79 Å². The van der Waals surface area contributed by atoms with Crippen LogP contribution < -0.4 is 14.9 Å². The molecule has 1 heterocycles. The molecule has 128 valence electrons. The van der Waals surface area contributed by atoms with Gasteiger partial charge in [-0.1, -0.05) is 0 Å². The number of benzene rings is 1. The SMILES string of the molecule is CCOc1ccc(C=NNC(=O)c2csc(C)c2C)c(OCC)c1. The zero-order chi connectivity index (χ0) is 17.5. The van der Waals surface area contributed by atoms with Crippen molar-refractivity contribution in [1.82, 2.24) is 5.43 Å². The second kappa shape index (κ2) is 8.49. The van der Waals surface area contributed by atoms with Crippen LogP contribution in [0, 0.1) is 13.8 Å². The van der Waals surface area contributed by atoms with E-state index in [0.717, 1.165) is 21.8 Å². The first-order valence-electron chi connectivity index (χ1n) is 7.84. The van der Waals surface area contributed by atoms with Crippen molar-refractivity contribution in [1.29, 1.82) is 0 Å². The van der Waals surface area contributed by atoms with Crippen LogP contribution in [0.3, 0.4) is 0 Å². The van der Waals surface area contributed by atoms with E-state index in [1.54, 1.807) is 17.6 Å². The number of aryl methyl sites for hydroxylation is 1. The van der Waals surface area contributed by atoms with E-state index in [4.69, 9.17) is 9.47 Å². The summed E-state index contributed by atoms with van der Waals surface area (Å²) in [7, 11) is 0. The van der Waals surface area contributed by atoms with Crippen LogP contribution in [0.2, 0.25) is 0 Å². The van der Waals surface area contributed by atoms with E-state index in [9.17, 15) is 4.79 Å². The van der Waals surface area contributed by atoms with E-state index < -0.39 is 0 Å². The Balaban J connectivity index is 2.10. The highest BCUT2D eigenvalue weighted by Crippen LogP contribution is 2.24. The van der Waals surface area contributed by atoms with Crippen LogP contribution in [0.15, 0.2) is 28.7 Å². The summed E-state index contributed by atoms with van der Waals surface area (Å²) in [5, 5.41) is 5.89. The molecule has 0 saturated carbocycles. The summed E-state index contributed by atoms with van der Waals surface area (Å²) in [5.74, 6) is 1.20. The summed E-state index contributed by atoms with van der Waals surface area (Å²) in [6, 6.07) is 5.52. The summed E-state index contributed by atoms with van der Waals surface area (Å²) in [6.45, 7) is 8.90. The van der Waals surface area contributed by atoms with Gasteiger partial charge in [0.2, 0.25) is 0 Å². The molecular weight excluding hydrogens is 324 g/mol. The molecule has 0 spiro atoms. The van der Waals surface area contributed by atoms with Crippen molar-refractivity contribution >= 4 is 23.5 Å². The number of ether oxygens (including phenoxy) is 2. The van der Waals surface area contributed by atoms with Crippen LogP contribution in [-0.4, -0.2) is 25.3 Å². The average molecular weight is 346 g/mol. The minimum absolute atomic E-state index is 0.211. The van der Waals surface area contributed by atoms with E-state index in [1.165, 1.54) is 0 Å². The van der Waals surface area contributed by atoms with Crippen molar-refractivity contribution in [3.8, 4) is 11.5 Å². The van der Waals surface area contributed by atoms with Gasteiger partial charge in [0.1, 0.15) is 11.5 Å². The van der Waals surface area contributed by atoms with E-state index in [-0.39, 0.29) is 5.91 Å². The molecule has 1 aromatic carbocycles. The molecule has 2 aromatic rings. The smallest absolute Gasteiger partial charge is 0.272 e. The molecule has 0 fully saturated rings. The van der Waals surface area contributed by atoms with Gasteiger partial charge < -0.3 is 9.47 Å². The van der Waals surface area contributed by atoms with Crippen LogP contribution in [0.4, 0.5) is 0 Å². The van der Waals surface area contributed by atoms with Crippen LogP contribution in [0.1, 0.15) is 40.2 Å². The number of carbonyl (C=O) groups is 1. The van der Waals surface area contributed by atoms with Crippen molar-refractivity contribution < 1.29 is 14.3 Å². The number of amides is 1. The van der Waals surface area contributed by atoms with Gasteiger partial charge in [0.25, 0.3) is 5.91 Å². The molecule has 0 unspecified atom stereocenters. The van der Waals surface area contributed by atoms with Gasteiger partial charge in [-0.15, -0.1) is 11.3 Å². The first-order valence-corrected chi connectivity index (χ1v) is 8.72. The van der Waals surface area contributed by atoms with E-state index >= 15 is 0 Å². The minimum Gasteiger partial charge on any atom is -0.494 e. The Hall–Kier alpha value is -2.34. The van der Waals surface area contributed by atoms with Crippen molar-refractivity contribution in [2.45, 2.75) is 27.7 Å². The summed E-state index contributed by atoms with van der Waals surface area (Å²) < 4.78 is 11.1. The molecule has 6 heteroatoms. The molecule has 1 amide bonds. The molecule has 0 aliphatic heterocycles. The molecule has 2 rings (SSSR count). The van der Waals surface area contributed by atoms with E-state index in [0.29, 0.717) is 24.5 Å². The number of hydrogen-bond acceptors (Lipinski definition) is 5. The highest BCUT2D eigenvalue weighted by Gasteiger charge is 2.11. The van der Waals surface area contributed by atoms with Crippen molar-refractivity contribution in [3.63, 3.8) is 0 Å². The largest absolute Gasteiger partial charge is 0.494 e. The van der Waals surface area contributed by atoms with Gasteiger partial charge in [-0.25, -0.2) is 5.43 Å². The number of thiophene rings is 1. The average Bonchev–Trinajstić information content (AvgIpc) is 2.89. The third-order valence-corrected chi connectivity index (χ3v) is 4.51. The molecule has 0 bridgehead atoms. The summed E-state index contributed by atoms with van der Waals surface area (Å²) in [6.07, 6.45) is 1.58. The summed E-state index contributed by atoms with van der Waals surface area (Å²) in [4.78, 5) is 13.3. The molecule has 0 saturated heterocycles. The lowest BCUT2D eigenvalue weighted by molar-refractivity contribution is 0.0955. The molecule has 0 aliphatic carbocycles. The van der Waals surface area contributed by atoms with Crippen molar-refractivity contribution in [2.24, 2.45) is 5.10 Å². The number of hydrogen-bond donors (Lipinski definition) is 1. The highest BCUT2D eigenvalue weighted by atomic mass is 32.1. The van der Waals surface area contributed by atoms with Gasteiger partial charge in [0, 0.05) is 21.9 Å². The summed E-state index contributed by atoms with van der Waals surface area (Å²) >= 11 is 1.56. The van der Waals surface area contributed by atoms with Crippen LogP contribution >= 0.6 is 11.3 Å². The van der Waals surface area contributed by atoms with Gasteiger partial charge in [0.05, 0.1) is 25.0 Å². The zero-order valence-electron chi connectivity index (χ0n) is 14.4. The number of carbonyl (C=O) groups excluding carboxylic acids is 1. The second-order valence-corrected chi connectivity index (χ2v) is 6.18.